The Kier molecular flexibility index (Phi) is 6.64. The monoisotopic (exact) mass is 375 g/mol. The van der Waals surface area contributed by atoms with Gasteiger partial charge in [-0.3, -0.25) is 4.79 Å². The van der Waals surface area contributed by atoms with Gasteiger partial charge in [0.25, 0.3) is 5.91 Å². The van der Waals surface area contributed by atoms with Gasteiger partial charge in [0.15, 0.2) is 6.61 Å². The summed E-state index contributed by atoms with van der Waals surface area (Å²) < 4.78 is 10.6. The highest BCUT2D eigenvalue weighted by Gasteiger charge is 2.10. The summed E-state index contributed by atoms with van der Waals surface area (Å²) in [5.41, 5.74) is 2.79. The van der Waals surface area contributed by atoms with Crippen LogP contribution in [0.5, 0.6) is 5.75 Å². The number of carbonyl (C=O) groups is 2. The average molecular weight is 376 g/mol. The highest BCUT2D eigenvalue weighted by atomic mass is 35.5. The van der Waals surface area contributed by atoms with Crippen molar-refractivity contribution in [2.24, 2.45) is 0 Å². The third-order valence-corrected chi connectivity index (χ3v) is 4.12. The molecule has 0 bridgehead atoms. The second-order valence-electron chi connectivity index (χ2n) is 6.24. The first-order valence-corrected chi connectivity index (χ1v) is 8.64. The number of hydrogen-bond donors (Lipinski definition) is 1. The zero-order valence-corrected chi connectivity index (χ0v) is 16.0. The van der Waals surface area contributed by atoms with Crippen molar-refractivity contribution in [1.29, 1.82) is 0 Å². The molecule has 138 valence electrons. The van der Waals surface area contributed by atoms with Crippen LogP contribution in [0.3, 0.4) is 0 Å². The molecule has 1 N–H and O–H groups in total. The van der Waals surface area contributed by atoms with Gasteiger partial charge in [-0.05, 0) is 75.2 Å². The molecule has 1 amide bonds. The van der Waals surface area contributed by atoms with Crippen molar-refractivity contribution in [3.05, 3.63) is 58.1 Å². The van der Waals surface area contributed by atoms with Gasteiger partial charge in [0.1, 0.15) is 5.75 Å². The number of anilines is 1. The van der Waals surface area contributed by atoms with Gasteiger partial charge in [0, 0.05) is 10.7 Å². The van der Waals surface area contributed by atoms with Crippen molar-refractivity contribution in [1.82, 2.24) is 0 Å². The first kappa shape index (κ1) is 19.8. The van der Waals surface area contributed by atoms with E-state index in [0.29, 0.717) is 22.0 Å². The molecule has 0 unspecified atom stereocenters. The molecule has 0 atom stereocenters. The van der Waals surface area contributed by atoms with E-state index in [4.69, 9.17) is 21.1 Å². The number of carbonyl (C=O) groups excluding carboxylic acids is 2. The molecule has 26 heavy (non-hydrogen) atoms. The van der Waals surface area contributed by atoms with Crippen molar-refractivity contribution in [2.45, 2.75) is 33.8 Å². The molecular weight excluding hydrogens is 354 g/mol. The van der Waals surface area contributed by atoms with E-state index in [1.807, 2.05) is 13.8 Å². The molecule has 0 heterocycles. The standard InChI is InChI=1S/C20H22ClNO4/c1-12(2)26-20(24)15-5-7-16(8-6-15)22-18(23)11-25-17-9-13(3)19(21)14(4)10-17/h5-10,12H,11H2,1-4H3,(H,22,23). The fourth-order valence-corrected chi connectivity index (χ4v) is 2.42. The first-order valence-electron chi connectivity index (χ1n) is 8.26. The van der Waals surface area contributed by atoms with Crippen LogP contribution in [0.15, 0.2) is 36.4 Å². The van der Waals surface area contributed by atoms with E-state index in [1.54, 1.807) is 50.2 Å². The Bertz CT molecular complexity index is 777. The summed E-state index contributed by atoms with van der Waals surface area (Å²) in [6.07, 6.45) is -0.181. The van der Waals surface area contributed by atoms with Crippen molar-refractivity contribution < 1.29 is 19.1 Å². The minimum absolute atomic E-state index is 0.127. The molecule has 5 nitrogen and oxygen atoms in total. The first-order chi connectivity index (χ1) is 12.3. The van der Waals surface area contributed by atoms with Crippen molar-refractivity contribution in [3.63, 3.8) is 0 Å². The summed E-state index contributed by atoms with van der Waals surface area (Å²) in [6.45, 7) is 7.21. The normalized spacial score (nSPS) is 10.5. The summed E-state index contributed by atoms with van der Waals surface area (Å²) >= 11 is 6.11. The average Bonchev–Trinajstić information content (AvgIpc) is 2.57. The molecular formula is C20H22ClNO4. The Hall–Kier alpha value is -2.53. The lowest BCUT2D eigenvalue weighted by molar-refractivity contribution is -0.118. The van der Waals surface area contributed by atoms with E-state index in [0.717, 1.165) is 11.1 Å². The van der Waals surface area contributed by atoms with E-state index >= 15 is 0 Å². The molecule has 0 spiro atoms. The van der Waals surface area contributed by atoms with Gasteiger partial charge >= 0.3 is 5.97 Å². The quantitative estimate of drug-likeness (QED) is 0.753. The maximum absolute atomic E-state index is 12.0. The molecule has 2 aromatic rings. The molecule has 6 heteroatoms. The third-order valence-electron chi connectivity index (χ3n) is 3.53. The minimum Gasteiger partial charge on any atom is -0.484 e. The van der Waals surface area contributed by atoms with E-state index in [2.05, 4.69) is 5.32 Å². The minimum atomic E-state index is -0.394. The predicted octanol–water partition coefficient (Wildman–Crippen LogP) is 4.54. The maximum atomic E-state index is 12.0. The molecule has 0 radical (unpaired) electrons. The van der Waals surface area contributed by atoms with Crippen LogP contribution in [0.4, 0.5) is 5.69 Å². The Labute approximate surface area is 158 Å². The van der Waals surface area contributed by atoms with Gasteiger partial charge in [-0.2, -0.15) is 0 Å². The van der Waals surface area contributed by atoms with Crippen LogP contribution in [0.1, 0.15) is 35.3 Å². The van der Waals surface area contributed by atoms with Gasteiger partial charge < -0.3 is 14.8 Å². The highest BCUT2D eigenvalue weighted by Crippen LogP contribution is 2.25. The van der Waals surface area contributed by atoms with Gasteiger partial charge in [-0.25, -0.2) is 4.79 Å². The molecule has 2 rings (SSSR count). The van der Waals surface area contributed by atoms with E-state index in [9.17, 15) is 9.59 Å². The van der Waals surface area contributed by atoms with Crippen LogP contribution in [0.25, 0.3) is 0 Å². The third kappa shape index (κ3) is 5.49. The number of ether oxygens (including phenoxy) is 2. The number of benzene rings is 2. The number of esters is 1. The second kappa shape index (κ2) is 8.72. The Morgan fingerprint density at radius 1 is 1.08 bits per heavy atom. The van der Waals surface area contributed by atoms with Crippen molar-refractivity contribution in [3.8, 4) is 5.75 Å². The molecule has 0 aliphatic carbocycles. The van der Waals surface area contributed by atoms with Gasteiger partial charge in [0.05, 0.1) is 11.7 Å². The van der Waals surface area contributed by atoms with Crippen LogP contribution < -0.4 is 10.1 Å². The number of aryl methyl sites for hydroxylation is 2. The second-order valence-corrected chi connectivity index (χ2v) is 6.62. The van der Waals surface area contributed by atoms with Crippen molar-refractivity contribution in [2.75, 3.05) is 11.9 Å². The molecule has 0 aliphatic rings. The summed E-state index contributed by atoms with van der Waals surface area (Å²) in [4.78, 5) is 23.8. The SMILES string of the molecule is Cc1cc(OCC(=O)Nc2ccc(C(=O)OC(C)C)cc2)cc(C)c1Cl. The Morgan fingerprint density at radius 3 is 2.19 bits per heavy atom. The molecule has 0 aliphatic heterocycles. The van der Waals surface area contributed by atoms with Crippen LogP contribution in [-0.2, 0) is 9.53 Å². The molecule has 0 saturated heterocycles. The Balaban J connectivity index is 1.91. The van der Waals surface area contributed by atoms with Crippen LogP contribution in [-0.4, -0.2) is 24.6 Å². The zero-order chi connectivity index (χ0) is 19.3. The fraction of sp³-hybridized carbons (Fsp3) is 0.300. The van der Waals surface area contributed by atoms with Crippen LogP contribution >= 0.6 is 11.6 Å². The number of hydrogen-bond acceptors (Lipinski definition) is 4. The lowest BCUT2D eigenvalue weighted by Gasteiger charge is -2.11. The maximum Gasteiger partial charge on any atom is 0.338 e. The summed E-state index contributed by atoms with van der Waals surface area (Å²) in [5.74, 6) is -0.103. The highest BCUT2D eigenvalue weighted by molar-refractivity contribution is 6.32. The lowest BCUT2D eigenvalue weighted by Crippen LogP contribution is -2.20. The lowest BCUT2D eigenvalue weighted by atomic mass is 10.1. The fourth-order valence-electron chi connectivity index (χ4n) is 2.31. The van der Waals surface area contributed by atoms with Crippen LogP contribution in [0, 0.1) is 13.8 Å². The van der Waals surface area contributed by atoms with E-state index in [-0.39, 0.29) is 18.6 Å². The summed E-state index contributed by atoms with van der Waals surface area (Å²) in [7, 11) is 0. The van der Waals surface area contributed by atoms with E-state index < -0.39 is 5.97 Å². The number of halogens is 1. The smallest absolute Gasteiger partial charge is 0.338 e. The van der Waals surface area contributed by atoms with Crippen molar-refractivity contribution >= 4 is 29.2 Å². The van der Waals surface area contributed by atoms with E-state index in [1.165, 1.54) is 0 Å². The van der Waals surface area contributed by atoms with Gasteiger partial charge in [0.2, 0.25) is 0 Å². The number of amides is 1. The summed E-state index contributed by atoms with van der Waals surface area (Å²) in [5, 5.41) is 3.41. The zero-order valence-electron chi connectivity index (χ0n) is 15.3. The largest absolute Gasteiger partial charge is 0.484 e. The molecule has 2 aromatic carbocycles. The van der Waals surface area contributed by atoms with Gasteiger partial charge in [-0.15, -0.1) is 0 Å². The number of nitrogens with one attached hydrogen (secondary N) is 1. The Morgan fingerprint density at radius 2 is 1.65 bits per heavy atom. The molecule has 0 fully saturated rings. The summed E-state index contributed by atoms with van der Waals surface area (Å²) in [6, 6.07) is 10.1. The van der Waals surface area contributed by atoms with Gasteiger partial charge in [-0.1, -0.05) is 11.6 Å². The number of rotatable bonds is 6. The van der Waals surface area contributed by atoms with Crippen LogP contribution in [0.2, 0.25) is 5.02 Å². The molecule has 0 aromatic heterocycles. The molecule has 0 saturated carbocycles. The predicted molar refractivity (Wildman–Crippen MR) is 102 cm³/mol. The topological polar surface area (TPSA) is 64.6 Å².